The van der Waals surface area contributed by atoms with E-state index in [2.05, 4.69) is 15.9 Å². The van der Waals surface area contributed by atoms with E-state index in [0.717, 1.165) is 0 Å². The lowest BCUT2D eigenvalue weighted by atomic mass is 9.85. The van der Waals surface area contributed by atoms with Gasteiger partial charge in [0.2, 0.25) is 10.0 Å². The molecule has 0 unspecified atom stereocenters. The maximum atomic E-state index is 11.8. The number of benzene rings is 1. The van der Waals surface area contributed by atoms with E-state index < -0.39 is 15.4 Å². The van der Waals surface area contributed by atoms with Gasteiger partial charge >= 0.3 is 0 Å². The lowest BCUT2D eigenvalue weighted by molar-refractivity contribution is 0.102. The first-order valence-electron chi connectivity index (χ1n) is 5.34. The summed E-state index contributed by atoms with van der Waals surface area (Å²) in [7, 11) is -3.94. The van der Waals surface area contributed by atoms with Gasteiger partial charge < -0.3 is 0 Å². The molecule has 0 spiro atoms. The number of rotatable bonds is 3. The Bertz CT molecular complexity index is 573. The van der Waals surface area contributed by atoms with Crippen molar-refractivity contribution in [1.82, 2.24) is 0 Å². The summed E-state index contributed by atoms with van der Waals surface area (Å²) in [4.78, 5) is 11.7. The second-order valence-corrected chi connectivity index (χ2v) is 7.09. The summed E-state index contributed by atoms with van der Waals surface area (Å²) in [5.41, 5.74) is 0.281. The Morgan fingerprint density at radius 3 is 2.28 bits per heavy atom. The predicted octanol–water partition coefficient (Wildman–Crippen LogP) is 2.21. The smallest absolute Gasteiger partial charge is 0.239 e. The number of nitrogens with two attached hydrogens (primary N) is 1. The second kappa shape index (κ2) is 5.11. The molecule has 0 aliphatic carbocycles. The van der Waals surface area contributed by atoms with Gasteiger partial charge in [0, 0.05) is 5.56 Å². The minimum atomic E-state index is -3.94. The molecule has 0 radical (unpaired) electrons. The average molecular weight is 334 g/mol. The fraction of sp³-hybridized carbons (Fsp3) is 0.417. The Morgan fingerprint density at radius 1 is 1.33 bits per heavy atom. The molecule has 0 aliphatic heterocycles. The van der Waals surface area contributed by atoms with Crippen LogP contribution in [0.15, 0.2) is 23.1 Å². The van der Waals surface area contributed by atoms with Crippen LogP contribution in [0.3, 0.4) is 0 Å². The summed E-state index contributed by atoms with van der Waals surface area (Å²) >= 11 is 3.04. The number of Topliss-reactive ketones (excluding diaryl/α,β-unsaturated/α-hetero) is 1. The molecule has 4 nitrogen and oxygen atoms in total. The van der Waals surface area contributed by atoms with Crippen molar-refractivity contribution in [3.05, 3.63) is 29.3 Å². The van der Waals surface area contributed by atoms with Crippen molar-refractivity contribution >= 4 is 31.7 Å². The molecule has 0 bridgehead atoms. The van der Waals surface area contributed by atoms with Crippen molar-refractivity contribution in [3.63, 3.8) is 0 Å². The molecule has 1 aromatic carbocycles. The molecule has 2 N–H and O–H groups in total. The highest BCUT2D eigenvalue weighted by Gasteiger charge is 2.28. The van der Waals surface area contributed by atoms with E-state index in [4.69, 9.17) is 5.14 Å². The van der Waals surface area contributed by atoms with Gasteiger partial charge in [0.15, 0.2) is 5.78 Å². The van der Waals surface area contributed by atoms with Crippen molar-refractivity contribution in [2.75, 3.05) is 5.33 Å². The summed E-state index contributed by atoms with van der Waals surface area (Å²) in [6.07, 6.45) is 0. The lowest BCUT2D eigenvalue weighted by Gasteiger charge is -2.23. The Kier molecular flexibility index (Phi) is 4.35. The highest BCUT2D eigenvalue weighted by Crippen LogP contribution is 2.31. The number of primary sulfonamides is 1. The Morgan fingerprint density at radius 2 is 1.89 bits per heavy atom. The molecule has 0 amide bonds. The van der Waals surface area contributed by atoms with E-state index in [-0.39, 0.29) is 21.6 Å². The van der Waals surface area contributed by atoms with E-state index in [1.165, 1.54) is 6.07 Å². The fourth-order valence-corrected chi connectivity index (χ4v) is 3.20. The zero-order chi connectivity index (χ0) is 14.1. The number of sulfonamides is 1. The third-order valence-electron chi connectivity index (χ3n) is 2.53. The van der Waals surface area contributed by atoms with E-state index in [9.17, 15) is 13.2 Å². The predicted molar refractivity (Wildman–Crippen MR) is 74.6 cm³/mol. The van der Waals surface area contributed by atoms with Gasteiger partial charge in [0.25, 0.3) is 0 Å². The molecule has 0 saturated heterocycles. The van der Waals surface area contributed by atoms with Crippen molar-refractivity contribution in [3.8, 4) is 0 Å². The second-order valence-electron chi connectivity index (χ2n) is 5.03. The minimum Gasteiger partial charge on any atom is -0.293 e. The SMILES string of the molecule is CC(C)(C)c1cccc(C(=O)CBr)c1S(N)(=O)=O. The highest BCUT2D eigenvalue weighted by molar-refractivity contribution is 9.09. The Balaban J connectivity index is 3.73. The van der Waals surface area contributed by atoms with Gasteiger partial charge in [-0.2, -0.15) is 0 Å². The van der Waals surface area contributed by atoms with E-state index in [1.54, 1.807) is 12.1 Å². The normalized spacial score (nSPS) is 12.5. The molecule has 0 saturated carbocycles. The van der Waals surface area contributed by atoms with E-state index >= 15 is 0 Å². The first kappa shape index (κ1) is 15.3. The summed E-state index contributed by atoms with van der Waals surface area (Å²) in [6, 6.07) is 4.84. The molecule has 1 aromatic rings. The fourth-order valence-electron chi connectivity index (χ4n) is 1.73. The van der Waals surface area contributed by atoms with Crippen molar-refractivity contribution in [1.29, 1.82) is 0 Å². The minimum absolute atomic E-state index is 0.0586. The summed E-state index contributed by atoms with van der Waals surface area (Å²) in [6.45, 7) is 5.62. The molecule has 18 heavy (non-hydrogen) atoms. The van der Waals surface area contributed by atoms with E-state index in [1.807, 2.05) is 20.8 Å². The maximum absolute atomic E-state index is 11.8. The highest BCUT2D eigenvalue weighted by atomic mass is 79.9. The maximum Gasteiger partial charge on any atom is 0.239 e. The van der Waals surface area contributed by atoms with Gasteiger partial charge in [0.05, 0.1) is 10.2 Å². The molecule has 6 heteroatoms. The number of carbonyl (C=O) groups is 1. The van der Waals surface area contributed by atoms with Gasteiger partial charge in [-0.25, -0.2) is 13.6 Å². The Labute approximate surface area is 116 Å². The van der Waals surface area contributed by atoms with Crippen molar-refractivity contribution in [2.24, 2.45) is 5.14 Å². The number of halogens is 1. The van der Waals surface area contributed by atoms with Gasteiger partial charge in [-0.15, -0.1) is 0 Å². The third kappa shape index (κ3) is 3.18. The number of hydrogen-bond acceptors (Lipinski definition) is 3. The van der Waals surface area contributed by atoms with Gasteiger partial charge in [0.1, 0.15) is 0 Å². The zero-order valence-corrected chi connectivity index (χ0v) is 12.9. The molecule has 0 fully saturated rings. The molecule has 0 heterocycles. The zero-order valence-electron chi connectivity index (χ0n) is 10.5. The molecular weight excluding hydrogens is 318 g/mol. The molecule has 0 aromatic heterocycles. The Hall–Kier alpha value is -0.720. The number of alkyl halides is 1. The van der Waals surface area contributed by atoms with Crippen LogP contribution in [-0.2, 0) is 15.4 Å². The molecular formula is C12H16BrNO3S. The first-order valence-corrected chi connectivity index (χ1v) is 8.01. The van der Waals surface area contributed by atoms with Crippen LogP contribution in [0.2, 0.25) is 0 Å². The number of hydrogen-bond donors (Lipinski definition) is 1. The topological polar surface area (TPSA) is 77.2 Å². The van der Waals surface area contributed by atoms with Crippen LogP contribution in [-0.4, -0.2) is 19.5 Å². The van der Waals surface area contributed by atoms with Crippen LogP contribution >= 0.6 is 15.9 Å². The number of carbonyl (C=O) groups excluding carboxylic acids is 1. The van der Waals surface area contributed by atoms with Gasteiger partial charge in [-0.05, 0) is 17.0 Å². The largest absolute Gasteiger partial charge is 0.293 e. The molecule has 1 rings (SSSR count). The van der Waals surface area contributed by atoms with Gasteiger partial charge in [-0.1, -0.05) is 48.8 Å². The third-order valence-corrected chi connectivity index (χ3v) is 4.05. The molecule has 0 aliphatic rings. The quantitative estimate of drug-likeness (QED) is 0.680. The molecule has 0 atom stereocenters. The van der Waals surface area contributed by atoms with Crippen LogP contribution in [0.4, 0.5) is 0 Å². The van der Waals surface area contributed by atoms with E-state index in [0.29, 0.717) is 5.56 Å². The van der Waals surface area contributed by atoms with Crippen LogP contribution in [0, 0.1) is 0 Å². The summed E-state index contributed by atoms with van der Waals surface area (Å²) in [5, 5.41) is 5.31. The standard InChI is InChI=1S/C12H16BrNO3S/c1-12(2,3)9-6-4-5-8(10(15)7-13)11(9)18(14,16)17/h4-6H,7H2,1-3H3,(H2,14,16,17). The summed E-state index contributed by atoms with van der Waals surface area (Å²) < 4.78 is 23.5. The average Bonchev–Trinajstić information content (AvgIpc) is 2.24. The van der Waals surface area contributed by atoms with Crippen molar-refractivity contribution < 1.29 is 13.2 Å². The van der Waals surface area contributed by atoms with Crippen LogP contribution in [0.5, 0.6) is 0 Å². The monoisotopic (exact) mass is 333 g/mol. The molecule has 100 valence electrons. The van der Waals surface area contributed by atoms with Crippen molar-refractivity contribution in [2.45, 2.75) is 31.1 Å². The van der Waals surface area contributed by atoms with Gasteiger partial charge in [-0.3, -0.25) is 4.79 Å². The van der Waals surface area contributed by atoms with Crippen LogP contribution in [0.1, 0.15) is 36.7 Å². The lowest BCUT2D eigenvalue weighted by Crippen LogP contribution is -2.24. The first-order chi connectivity index (χ1) is 8.09. The summed E-state index contributed by atoms with van der Waals surface area (Å²) in [5.74, 6) is -0.301. The van der Waals surface area contributed by atoms with Crippen LogP contribution in [0.25, 0.3) is 0 Å². The van der Waals surface area contributed by atoms with Crippen LogP contribution < -0.4 is 5.14 Å². The number of ketones is 1.